The summed E-state index contributed by atoms with van der Waals surface area (Å²) >= 11 is 0. The minimum atomic E-state index is 0. The lowest BCUT2D eigenvalue weighted by Crippen LogP contribution is -2.46. The minimum absolute atomic E-state index is 0. The Morgan fingerprint density at radius 2 is 2.00 bits per heavy atom. The average molecular weight is 470 g/mol. The number of carbonyl (C=O) groups is 1. The van der Waals surface area contributed by atoms with E-state index >= 15 is 0 Å². The van der Waals surface area contributed by atoms with Gasteiger partial charge in [0.25, 0.3) is 0 Å². The number of guanidine groups is 1. The van der Waals surface area contributed by atoms with E-state index in [1.807, 2.05) is 11.9 Å². The molecule has 3 rings (SSSR count). The number of piperidine rings is 1. The van der Waals surface area contributed by atoms with Gasteiger partial charge in [0.05, 0.1) is 0 Å². The highest BCUT2D eigenvalue weighted by Crippen LogP contribution is 2.18. The molecule has 0 bridgehead atoms. The third-order valence-electron chi connectivity index (χ3n) is 5.26. The normalized spacial score (nSPS) is 20.9. The van der Waals surface area contributed by atoms with Gasteiger partial charge in [-0.25, -0.2) is 0 Å². The van der Waals surface area contributed by atoms with Crippen LogP contribution in [0.5, 0.6) is 0 Å². The fourth-order valence-corrected chi connectivity index (χ4v) is 3.85. The molecule has 2 heterocycles. The Bertz CT molecular complexity index is 634. The highest BCUT2D eigenvalue weighted by Gasteiger charge is 2.22. The number of halogens is 1. The quantitative estimate of drug-likeness (QED) is 0.418. The maximum atomic E-state index is 11.9. The van der Waals surface area contributed by atoms with Crippen molar-refractivity contribution in [2.24, 2.45) is 10.9 Å². The fraction of sp³-hybridized carbons (Fsp3) is 0.600. The Hall–Kier alpha value is -1.31. The van der Waals surface area contributed by atoms with Crippen molar-refractivity contribution in [1.29, 1.82) is 0 Å². The predicted molar refractivity (Wildman–Crippen MR) is 117 cm³/mol. The smallest absolute Gasteiger partial charge is 0.222 e. The average Bonchev–Trinajstić information content (AvgIpc) is 3.02. The van der Waals surface area contributed by atoms with Crippen LogP contribution in [0.25, 0.3) is 0 Å². The zero-order valence-electron chi connectivity index (χ0n) is 15.9. The SMILES string of the molecule is CN=C(NCc1ccccc1CN1CCCC1=O)N1CCCC(C)C1.I. The molecule has 5 nitrogen and oxygen atoms in total. The summed E-state index contributed by atoms with van der Waals surface area (Å²) in [5.74, 6) is 1.99. The minimum Gasteiger partial charge on any atom is -0.352 e. The van der Waals surface area contributed by atoms with E-state index in [-0.39, 0.29) is 29.9 Å². The largest absolute Gasteiger partial charge is 0.352 e. The van der Waals surface area contributed by atoms with Gasteiger partial charge in [0.15, 0.2) is 5.96 Å². The number of hydrogen-bond acceptors (Lipinski definition) is 2. The summed E-state index contributed by atoms with van der Waals surface area (Å²) in [4.78, 5) is 20.7. The van der Waals surface area contributed by atoms with Crippen LogP contribution in [-0.2, 0) is 17.9 Å². The summed E-state index contributed by atoms with van der Waals surface area (Å²) < 4.78 is 0. The summed E-state index contributed by atoms with van der Waals surface area (Å²) in [6, 6.07) is 8.40. The summed E-state index contributed by atoms with van der Waals surface area (Å²) in [6.45, 7) is 6.80. The van der Waals surface area contributed by atoms with Gasteiger partial charge in [-0.1, -0.05) is 31.2 Å². The van der Waals surface area contributed by atoms with Gasteiger partial charge in [0.2, 0.25) is 5.91 Å². The highest BCUT2D eigenvalue weighted by atomic mass is 127. The van der Waals surface area contributed by atoms with Crippen molar-refractivity contribution in [3.8, 4) is 0 Å². The first kappa shape index (κ1) is 21.0. The maximum Gasteiger partial charge on any atom is 0.222 e. The molecular weight excluding hydrogens is 439 g/mol. The number of likely N-dealkylation sites (tertiary alicyclic amines) is 2. The zero-order valence-corrected chi connectivity index (χ0v) is 18.2. The zero-order chi connectivity index (χ0) is 17.6. The molecule has 1 amide bonds. The lowest BCUT2D eigenvalue weighted by Gasteiger charge is -2.33. The lowest BCUT2D eigenvalue weighted by molar-refractivity contribution is -0.128. The van der Waals surface area contributed by atoms with Gasteiger partial charge >= 0.3 is 0 Å². The van der Waals surface area contributed by atoms with Crippen LogP contribution in [0, 0.1) is 5.92 Å². The Balaban J connectivity index is 0.00000243. The van der Waals surface area contributed by atoms with Crippen molar-refractivity contribution >= 4 is 35.8 Å². The van der Waals surface area contributed by atoms with Crippen LogP contribution in [0.15, 0.2) is 29.3 Å². The van der Waals surface area contributed by atoms with Gasteiger partial charge in [-0.3, -0.25) is 9.79 Å². The van der Waals surface area contributed by atoms with Crippen LogP contribution in [0.1, 0.15) is 43.7 Å². The third-order valence-corrected chi connectivity index (χ3v) is 5.26. The van der Waals surface area contributed by atoms with Gasteiger partial charge in [-0.15, -0.1) is 24.0 Å². The fourth-order valence-electron chi connectivity index (χ4n) is 3.85. The molecule has 0 aliphatic carbocycles. The van der Waals surface area contributed by atoms with Crippen molar-refractivity contribution in [3.05, 3.63) is 35.4 Å². The van der Waals surface area contributed by atoms with E-state index in [1.165, 1.54) is 24.0 Å². The number of nitrogens with one attached hydrogen (secondary N) is 1. The van der Waals surface area contributed by atoms with Crippen molar-refractivity contribution in [2.75, 3.05) is 26.7 Å². The monoisotopic (exact) mass is 470 g/mol. The van der Waals surface area contributed by atoms with Gasteiger partial charge in [0, 0.05) is 46.2 Å². The Morgan fingerprint density at radius 1 is 1.23 bits per heavy atom. The lowest BCUT2D eigenvalue weighted by atomic mass is 10.0. The number of hydrogen-bond donors (Lipinski definition) is 1. The number of benzene rings is 1. The van der Waals surface area contributed by atoms with Crippen LogP contribution in [0.3, 0.4) is 0 Å². The first-order chi connectivity index (χ1) is 12.2. The van der Waals surface area contributed by atoms with Gasteiger partial charge in [0.1, 0.15) is 0 Å². The van der Waals surface area contributed by atoms with E-state index in [2.05, 4.69) is 46.4 Å². The van der Waals surface area contributed by atoms with Crippen LogP contribution >= 0.6 is 24.0 Å². The standard InChI is InChI=1S/C20H30N4O.HI/c1-16-7-5-12-24(14-16)20(21-2)22-13-17-8-3-4-9-18(17)15-23-11-6-10-19(23)25;/h3-4,8-9,16H,5-7,10-15H2,1-2H3,(H,21,22);1H. The Kier molecular flexibility index (Phi) is 8.18. The molecule has 1 N–H and O–H groups in total. The predicted octanol–water partition coefficient (Wildman–Crippen LogP) is 3.23. The molecule has 6 heteroatoms. The van der Waals surface area contributed by atoms with Crippen LogP contribution in [-0.4, -0.2) is 48.3 Å². The molecule has 1 unspecified atom stereocenters. The van der Waals surface area contributed by atoms with E-state index < -0.39 is 0 Å². The second-order valence-electron chi connectivity index (χ2n) is 7.28. The molecule has 2 fully saturated rings. The molecule has 0 saturated carbocycles. The molecule has 0 radical (unpaired) electrons. The molecule has 1 aromatic rings. The Labute approximate surface area is 174 Å². The third kappa shape index (κ3) is 5.34. The van der Waals surface area contributed by atoms with Crippen LogP contribution < -0.4 is 5.32 Å². The first-order valence-electron chi connectivity index (χ1n) is 9.47. The van der Waals surface area contributed by atoms with Crippen LogP contribution in [0.4, 0.5) is 0 Å². The molecule has 1 aromatic carbocycles. The number of aliphatic imine (C=N–C) groups is 1. The molecular formula is C20H31IN4O. The molecule has 2 saturated heterocycles. The summed E-state index contributed by atoms with van der Waals surface area (Å²) in [5.41, 5.74) is 2.47. The summed E-state index contributed by atoms with van der Waals surface area (Å²) in [5, 5.41) is 3.52. The summed E-state index contributed by atoms with van der Waals surface area (Å²) in [7, 11) is 1.86. The van der Waals surface area contributed by atoms with E-state index in [0.29, 0.717) is 6.42 Å². The summed E-state index contributed by atoms with van der Waals surface area (Å²) in [6.07, 6.45) is 4.22. The number of rotatable bonds is 4. The first-order valence-corrected chi connectivity index (χ1v) is 9.47. The van der Waals surface area contributed by atoms with Crippen molar-refractivity contribution < 1.29 is 4.79 Å². The number of amides is 1. The molecule has 2 aliphatic heterocycles. The van der Waals surface area contributed by atoms with Crippen molar-refractivity contribution in [2.45, 2.75) is 45.7 Å². The highest BCUT2D eigenvalue weighted by molar-refractivity contribution is 14.0. The maximum absolute atomic E-state index is 11.9. The van der Waals surface area contributed by atoms with E-state index in [9.17, 15) is 4.79 Å². The number of carbonyl (C=O) groups excluding carboxylic acids is 1. The topological polar surface area (TPSA) is 47.9 Å². The van der Waals surface area contributed by atoms with Crippen LogP contribution in [0.2, 0.25) is 0 Å². The molecule has 2 aliphatic rings. The molecule has 144 valence electrons. The van der Waals surface area contributed by atoms with Crippen molar-refractivity contribution in [1.82, 2.24) is 15.1 Å². The second-order valence-corrected chi connectivity index (χ2v) is 7.28. The Morgan fingerprint density at radius 3 is 2.65 bits per heavy atom. The van der Waals surface area contributed by atoms with E-state index in [4.69, 9.17) is 0 Å². The van der Waals surface area contributed by atoms with E-state index in [0.717, 1.165) is 51.0 Å². The molecule has 1 atom stereocenters. The van der Waals surface area contributed by atoms with Gasteiger partial charge in [-0.2, -0.15) is 0 Å². The molecule has 0 aromatic heterocycles. The van der Waals surface area contributed by atoms with Gasteiger partial charge < -0.3 is 15.1 Å². The van der Waals surface area contributed by atoms with Crippen molar-refractivity contribution in [3.63, 3.8) is 0 Å². The van der Waals surface area contributed by atoms with Gasteiger partial charge in [-0.05, 0) is 36.3 Å². The second kappa shape index (κ2) is 10.1. The number of nitrogens with zero attached hydrogens (tertiary/aromatic N) is 3. The van der Waals surface area contributed by atoms with E-state index in [1.54, 1.807) is 0 Å². The molecule has 0 spiro atoms. The molecule has 26 heavy (non-hydrogen) atoms.